The van der Waals surface area contributed by atoms with Gasteiger partial charge in [-0.15, -0.1) is 0 Å². The second kappa shape index (κ2) is 7.97. The Morgan fingerprint density at radius 3 is 2.38 bits per heavy atom. The van der Waals surface area contributed by atoms with Gasteiger partial charge in [-0.25, -0.2) is 0 Å². The van der Waals surface area contributed by atoms with Crippen LogP contribution in [0.25, 0.3) is 0 Å². The fourth-order valence-corrected chi connectivity index (χ4v) is 4.16. The zero-order valence-electron chi connectivity index (χ0n) is 16.2. The van der Waals surface area contributed by atoms with Crippen molar-refractivity contribution in [1.82, 2.24) is 9.80 Å². The Bertz CT molecular complexity index is 947. The number of halogens is 1. The van der Waals surface area contributed by atoms with E-state index in [0.29, 0.717) is 22.8 Å². The summed E-state index contributed by atoms with van der Waals surface area (Å²) in [5.41, 5.74) is 1.77. The molecule has 2 heterocycles. The molecule has 1 atom stereocenters. The molecule has 4 rings (SSSR count). The first-order valence-corrected chi connectivity index (χ1v) is 10.0. The van der Waals surface area contributed by atoms with Gasteiger partial charge in [-0.1, -0.05) is 41.9 Å². The molecule has 0 N–H and O–H groups in total. The molecule has 7 heteroatoms. The van der Waals surface area contributed by atoms with Gasteiger partial charge >= 0.3 is 0 Å². The van der Waals surface area contributed by atoms with Crippen LogP contribution in [0.1, 0.15) is 34.8 Å². The van der Waals surface area contributed by atoms with Crippen LogP contribution in [-0.2, 0) is 9.59 Å². The van der Waals surface area contributed by atoms with Gasteiger partial charge in [-0.3, -0.25) is 19.3 Å². The summed E-state index contributed by atoms with van der Waals surface area (Å²) < 4.78 is 0. The van der Waals surface area contributed by atoms with E-state index in [1.54, 1.807) is 18.2 Å². The summed E-state index contributed by atoms with van der Waals surface area (Å²) >= 11 is 6.37. The molecule has 150 valence electrons. The maximum Gasteiger partial charge on any atom is 0.256 e. The molecule has 0 saturated carbocycles. The van der Waals surface area contributed by atoms with Gasteiger partial charge in [0.2, 0.25) is 11.8 Å². The van der Waals surface area contributed by atoms with Gasteiger partial charge in [0.25, 0.3) is 5.91 Å². The summed E-state index contributed by atoms with van der Waals surface area (Å²) in [4.78, 5) is 42.8. The lowest BCUT2D eigenvalue weighted by Gasteiger charge is -2.40. The lowest BCUT2D eigenvalue weighted by molar-refractivity contribution is -0.121. The molecule has 2 aromatic carbocycles. The van der Waals surface area contributed by atoms with Crippen LogP contribution in [0, 0.1) is 0 Å². The molecule has 6 nitrogen and oxygen atoms in total. The number of nitrogens with zero attached hydrogens (tertiary/aromatic N) is 3. The fraction of sp³-hybridized carbons (Fsp3) is 0.318. The van der Waals surface area contributed by atoms with E-state index in [2.05, 4.69) is 4.90 Å². The van der Waals surface area contributed by atoms with E-state index in [9.17, 15) is 14.4 Å². The normalized spacial score (nSPS) is 20.4. The van der Waals surface area contributed by atoms with Gasteiger partial charge in [0.05, 0.1) is 22.3 Å². The second-order valence-corrected chi connectivity index (χ2v) is 7.88. The lowest BCUT2D eigenvalue weighted by atomic mass is 10.0. The Morgan fingerprint density at radius 1 is 1.00 bits per heavy atom. The molecule has 0 spiro atoms. The first-order valence-electron chi connectivity index (χ1n) is 9.65. The summed E-state index contributed by atoms with van der Waals surface area (Å²) in [6.07, 6.45) is 0.387. The summed E-state index contributed by atoms with van der Waals surface area (Å²) in [5, 5.41) is 0.309. The Kier molecular flexibility index (Phi) is 5.39. The number of anilines is 1. The zero-order chi connectivity index (χ0) is 20.5. The smallest absolute Gasteiger partial charge is 0.256 e. The van der Waals surface area contributed by atoms with Crippen molar-refractivity contribution in [2.45, 2.75) is 18.9 Å². The maximum atomic E-state index is 13.5. The number of hydrogen-bond acceptors (Lipinski definition) is 4. The Hall–Kier alpha value is -2.70. The number of rotatable bonds is 3. The largest absolute Gasteiger partial charge is 0.329 e. The monoisotopic (exact) mass is 411 g/mol. The highest BCUT2D eigenvalue weighted by Gasteiger charge is 2.34. The molecule has 2 aromatic rings. The summed E-state index contributed by atoms with van der Waals surface area (Å²) in [5.74, 6) is -0.701. The molecular formula is C22H22ClN3O3. The molecular weight excluding hydrogens is 390 g/mol. The number of amides is 3. The predicted octanol–water partition coefficient (Wildman–Crippen LogP) is 3.12. The van der Waals surface area contributed by atoms with Crippen molar-refractivity contribution in [3.63, 3.8) is 0 Å². The van der Waals surface area contributed by atoms with Crippen molar-refractivity contribution in [2.75, 3.05) is 31.6 Å². The Morgan fingerprint density at radius 2 is 1.69 bits per heavy atom. The van der Waals surface area contributed by atoms with E-state index in [-0.39, 0.29) is 36.6 Å². The minimum Gasteiger partial charge on any atom is -0.329 e. The Balaban J connectivity index is 1.68. The van der Waals surface area contributed by atoms with Gasteiger partial charge in [-0.05, 0) is 30.8 Å². The van der Waals surface area contributed by atoms with Crippen LogP contribution in [0.2, 0.25) is 5.02 Å². The van der Waals surface area contributed by atoms with E-state index < -0.39 is 0 Å². The molecule has 29 heavy (non-hydrogen) atoms. The second-order valence-electron chi connectivity index (χ2n) is 7.47. The van der Waals surface area contributed by atoms with Crippen LogP contribution in [-0.4, -0.2) is 54.2 Å². The highest BCUT2D eigenvalue weighted by Crippen LogP contribution is 2.31. The minimum absolute atomic E-state index is 0.0998. The van der Waals surface area contributed by atoms with E-state index in [4.69, 9.17) is 11.6 Å². The number of likely N-dealkylation sites (N-methyl/N-ethyl adjacent to an activating group) is 1. The number of piperazine rings is 1. The quantitative estimate of drug-likeness (QED) is 0.728. The molecule has 2 aliphatic heterocycles. The van der Waals surface area contributed by atoms with E-state index >= 15 is 0 Å². The third-order valence-electron chi connectivity index (χ3n) is 5.52. The van der Waals surface area contributed by atoms with Crippen molar-refractivity contribution in [3.8, 4) is 0 Å². The highest BCUT2D eigenvalue weighted by molar-refractivity contribution is 6.34. The van der Waals surface area contributed by atoms with Gasteiger partial charge in [0, 0.05) is 32.5 Å². The average molecular weight is 412 g/mol. The third kappa shape index (κ3) is 3.78. The van der Waals surface area contributed by atoms with Gasteiger partial charge in [0.15, 0.2) is 0 Å². The molecule has 2 fully saturated rings. The molecule has 0 aliphatic carbocycles. The summed E-state index contributed by atoms with van der Waals surface area (Å²) in [6, 6.07) is 14.6. The number of carbonyl (C=O) groups excluding carboxylic acids is 3. The SMILES string of the molecule is CN1CCN(C(=O)c2cc(N3C(=O)CCC3=O)ccc2Cl)C(c2ccccc2)C1. The third-order valence-corrected chi connectivity index (χ3v) is 5.85. The average Bonchev–Trinajstić information content (AvgIpc) is 3.07. The van der Waals surface area contributed by atoms with Crippen LogP contribution >= 0.6 is 11.6 Å². The van der Waals surface area contributed by atoms with E-state index in [1.807, 2.05) is 42.3 Å². The van der Waals surface area contributed by atoms with Crippen molar-refractivity contribution in [3.05, 3.63) is 64.7 Å². The van der Waals surface area contributed by atoms with E-state index in [0.717, 1.165) is 23.6 Å². The van der Waals surface area contributed by atoms with Crippen LogP contribution in [0.5, 0.6) is 0 Å². The molecule has 0 bridgehead atoms. The van der Waals surface area contributed by atoms with Crippen LogP contribution in [0.4, 0.5) is 5.69 Å². The highest BCUT2D eigenvalue weighted by atomic mass is 35.5. The van der Waals surface area contributed by atoms with Crippen LogP contribution in [0.15, 0.2) is 48.5 Å². The first kappa shape index (κ1) is 19.6. The standard InChI is InChI=1S/C22H22ClN3O3/c1-24-11-12-25(19(14-24)15-5-3-2-4-6-15)22(29)17-13-16(7-8-18(17)23)26-20(27)9-10-21(26)28/h2-8,13,19H,9-12,14H2,1H3. The molecule has 2 aliphatic rings. The lowest BCUT2D eigenvalue weighted by Crippen LogP contribution is -2.49. The van der Waals surface area contributed by atoms with Gasteiger partial charge < -0.3 is 9.80 Å². The fourth-order valence-electron chi connectivity index (χ4n) is 3.96. The number of carbonyl (C=O) groups is 3. The predicted molar refractivity (Wildman–Crippen MR) is 111 cm³/mol. The van der Waals surface area contributed by atoms with Crippen molar-refractivity contribution >= 4 is 35.0 Å². The molecule has 0 aromatic heterocycles. The molecule has 2 saturated heterocycles. The van der Waals surface area contributed by atoms with Crippen molar-refractivity contribution in [2.24, 2.45) is 0 Å². The number of imide groups is 1. The first-order chi connectivity index (χ1) is 14.0. The topological polar surface area (TPSA) is 60.9 Å². The van der Waals surface area contributed by atoms with Gasteiger partial charge in [0.1, 0.15) is 0 Å². The summed E-state index contributed by atoms with van der Waals surface area (Å²) in [7, 11) is 2.04. The molecule has 0 radical (unpaired) electrons. The minimum atomic E-state index is -0.252. The number of benzene rings is 2. The van der Waals surface area contributed by atoms with E-state index in [1.165, 1.54) is 0 Å². The van der Waals surface area contributed by atoms with Gasteiger partial charge in [-0.2, -0.15) is 0 Å². The molecule has 1 unspecified atom stereocenters. The summed E-state index contributed by atoms with van der Waals surface area (Å²) in [6.45, 7) is 2.04. The molecule has 3 amide bonds. The van der Waals surface area contributed by atoms with Crippen LogP contribution in [0.3, 0.4) is 0 Å². The Labute approximate surface area is 174 Å². The number of hydrogen-bond donors (Lipinski definition) is 0. The van der Waals surface area contributed by atoms with Crippen LogP contribution < -0.4 is 4.90 Å². The van der Waals surface area contributed by atoms with Crippen molar-refractivity contribution in [1.29, 1.82) is 0 Å². The van der Waals surface area contributed by atoms with Crippen molar-refractivity contribution < 1.29 is 14.4 Å². The zero-order valence-corrected chi connectivity index (χ0v) is 16.9. The maximum absolute atomic E-state index is 13.5.